The Labute approximate surface area is 124 Å². The molecule has 1 aliphatic heterocycles. The smallest absolute Gasteiger partial charge is 0.148 e. The van der Waals surface area contributed by atoms with Crippen LogP contribution in [0.1, 0.15) is 19.6 Å². The third-order valence-corrected chi connectivity index (χ3v) is 4.44. The van der Waals surface area contributed by atoms with Gasteiger partial charge in [-0.2, -0.15) is 0 Å². The van der Waals surface area contributed by atoms with Gasteiger partial charge < -0.3 is 20.1 Å². The molecule has 0 spiro atoms. The number of hydrogen-bond acceptors (Lipinski definition) is 5. The van der Waals surface area contributed by atoms with Crippen molar-refractivity contribution in [2.45, 2.75) is 25.7 Å². The van der Waals surface area contributed by atoms with E-state index in [0.29, 0.717) is 11.7 Å². The second-order valence-electron chi connectivity index (χ2n) is 4.87. The van der Waals surface area contributed by atoms with Crippen molar-refractivity contribution in [2.24, 2.45) is 5.92 Å². The fourth-order valence-electron chi connectivity index (χ4n) is 2.55. The van der Waals surface area contributed by atoms with Crippen molar-refractivity contribution in [1.29, 1.82) is 0 Å². The molecule has 3 atom stereocenters. The van der Waals surface area contributed by atoms with Crippen molar-refractivity contribution in [1.82, 2.24) is 14.5 Å². The molecule has 0 amide bonds. The number of anilines is 1. The van der Waals surface area contributed by atoms with E-state index in [1.54, 1.807) is 0 Å². The van der Waals surface area contributed by atoms with Crippen LogP contribution in [0.5, 0.6) is 0 Å². The van der Waals surface area contributed by atoms with Gasteiger partial charge in [0.2, 0.25) is 0 Å². The van der Waals surface area contributed by atoms with Gasteiger partial charge in [0.15, 0.2) is 0 Å². The Bertz CT molecular complexity index is 615. The molecule has 2 aromatic heterocycles. The van der Waals surface area contributed by atoms with Crippen molar-refractivity contribution in [3.05, 3.63) is 16.1 Å². The van der Waals surface area contributed by atoms with E-state index in [1.165, 1.54) is 6.33 Å². The normalized spacial score (nSPS) is 27.2. The number of hydrogen-bond donors (Lipinski definition) is 2. The minimum Gasteiger partial charge on any atom is -0.394 e. The monoisotopic (exact) mass is 374 g/mol. The lowest BCUT2D eigenvalue weighted by atomic mass is 10.0. The second-order valence-corrected chi connectivity index (χ2v) is 6.03. The zero-order valence-corrected chi connectivity index (χ0v) is 12.6. The van der Waals surface area contributed by atoms with Crippen LogP contribution in [0.4, 0.5) is 5.82 Å². The molecule has 7 heteroatoms. The van der Waals surface area contributed by atoms with Crippen LogP contribution in [0, 0.1) is 9.49 Å². The summed E-state index contributed by atoms with van der Waals surface area (Å²) >= 11 is 2.23. The highest BCUT2D eigenvalue weighted by atomic mass is 127. The van der Waals surface area contributed by atoms with E-state index in [1.807, 2.05) is 10.8 Å². The van der Waals surface area contributed by atoms with Gasteiger partial charge in [-0.1, -0.05) is 6.92 Å². The number of rotatable bonds is 2. The first-order valence-corrected chi connectivity index (χ1v) is 7.22. The van der Waals surface area contributed by atoms with Gasteiger partial charge in [0.25, 0.3) is 0 Å². The van der Waals surface area contributed by atoms with Crippen LogP contribution >= 0.6 is 22.6 Å². The maximum Gasteiger partial charge on any atom is 0.148 e. The van der Waals surface area contributed by atoms with Crippen LogP contribution in [0.2, 0.25) is 0 Å². The van der Waals surface area contributed by atoms with Gasteiger partial charge in [0, 0.05) is 9.77 Å². The summed E-state index contributed by atoms with van der Waals surface area (Å²) in [6.07, 6.45) is 4.08. The first-order valence-electron chi connectivity index (χ1n) is 6.14. The molecule has 1 fully saturated rings. The number of aromatic nitrogens is 3. The number of fused-ring (bicyclic) bond motifs is 1. The number of ether oxygens (including phenoxy) is 1. The van der Waals surface area contributed by atoms with E-state index in [0.717, 1.165) is 21.0 Å². The van der Waals surface area contributed by atoms with E-state index in [4.69, 9.17) is 10.5 Å². The molecule has 2 aromatic rings. The molecule has 0 saturated carbocycles. The molecule has 3 heterocycles. The minimum absolute atomic E-state index is 0.0467. The molecule has 1 saturated heterocycles. The predicted molar refractivity (Wildman–Crippen MR) is 79.4 cm³/mol. The van der Waals surface area contributed by atoms with Crippen LogP contribution < -0.4 is 5.73 Å². The quantitative estimate of drug-likeness (QED) is 0.779. The van der Waals surface area contributed by atoms with Gasteiger partial charge in [0.05, 0.1) is 18.1 Å². The average Bonchev–Trinajstić information content (AvgIpc) is 2.91. The van der Waals surface area contributed by atoms with Crippen molar-refractivity contribution >= 4 is 39.4 Å². The van der Waals surface area contributed by atoms with E-state index in [-0.39, 0.29) is 18.9 Å². The Balaban J connectivity index is 2.05. The Hall–Kier alpha value is -0.930. The summed E-state index contributed by atoms with van der Waals surface area (Å²) in [6.45, 7) is 2.13. The highest BCUT2D eigenvalue weighted by Crippen LogP contribution is 2.36. The van der Waals surface area contributed by atoms with Crippen molar-refractivity contribution in [3.63, 3.8) is 0 Å². The molecule has 0 aliphatic carbocycles. The molecule has 3 N–H and O–H groups in total. The SMILES string of the molecule is C[C@H]1C[C@H](n2cc(I)c3c(N)ncnc32)O[C@@H]1CO. The molecule has 0 bridgehead atoms. The van der Waals surface area contributed by atoms with Crippen molar-refractivity contribution in [3.8, 4) is 0 Å². The van der Waals surface area contributed by atoms with Gasteiger partial charge in [0.1, 0.15) is 24.0 Å². The van der Waals surface area contributed by atoms with E-state index < -0.39 is 0 Å². The lowest BCUT2D eigenvalue weighted by Gasteiger charge is -2.14. The fraction of sp³-hybridized carbons (Fsp3) is 0.500. The van der Waals surface area contributed by atoms with Crippen LogP contribution in [0.3, 0.4) is 0 Å². The first kappa shape index (κ1) is 13.1. The summed E-state index contributed by atoms with van der Waals surface area (Å²) in [4.78, 5) is 8.33. The summed E-state index contributed by atoms with van der Waals surface area (Å²) in [5.41, 5.74) is 6.68. The summed E-state index contributed by atoms with van der Waals surface area (Å²) in [5.74, 6) is 0.808. The Morgan fingerprint density at radius 2 is 2.37 bits per heavy atom. The molecule has 6 nitrogen and oxygen atoms in total. The maximum absolute atomic E-state index is 9.28. The van der Waals surface area contributed by atoms with Crippen LogP contribution in [0.25, 0.3) is 11.0 Å². The number of nitrogen functional groups attached to an aromatic ring is 1. The van der Waals surface area contributed by atoms with E-state index >= 15 is 0 Å². The molecule has 0 unspecified atom stereocenters. The molecule has 19 heavy (non-hydrogen) atoms. The number of nitrogens with zero attached hydrogens (tertiary/aromatic N) is 3. The number of nitrogens with two attached hydrogens (primary N) is 1. The van der Waals surface area contributed by atoms with E-state index in [2.05, 4.69) is 39.5 Å². The highest BCUT2D eigenvalue weighted by Gasteiger charge is 2.33. The Morgan fingerprint density at radius 1 is 1.58 bits per heavy atom. The zero-order chi connectivity index (χ0) is 13.6. The molecule has 1 aliphatic rings. The van der Waals surface area contributed by atoms with Gasteiger partial charge in [-0.3, -0.25) is 0 Å². The average molecular weight is 374 g/mol. The number of halogens is 1. The van der Waals surface area contributed by atoms with Crippen LogP contribution in [0.15, 0.2) is 12.5 Å². The summed E-state index contributed by atoms with van der Waals surface area (Å²) in [7, 11) is 0. The summed E-state index contributed by atoms with van der Waals surface area (Å²) in [5, 5.41) is 10.1. The van der Waals surface area contributed by atoms with Gasteiger partial charge in [-0.15, -0.1) is 0 Å². The van der Waals surface area contributed by atoms with Gasteiger partial charge >= 0.3 is 0 Å². The minimum atomic E-state index is -0.112. The number of aliphatic hydroxyl groups excluding tert-OH is 1. The third kappa shape index (κ3) is 2.09. The fourth-order valence-corrected chi connectivity index (χ4v) is 3.36. The van der Waals surface area contributed by atoms with Crippen LogP contribution in [-0.4, -0.2) is 32.4 Å². The summed E-state index contributed by atoms with van der Waals surface area (Å²) < 4.78 is 8.87. The Kier molecular flexibility index (Phi) is 3.35. The highest BCUT2D eigenvalue weighted by molar-refractivity contribution is 14.1. The second kappa shape index (κ2) is 4.88. The zero-order valence-electron chi connectivity index (χ0n) is 10.5. The number of aliphatic hydroxyl groups is 1. The van der Waals surface area contributed by atoms with E-state index in [9.17, 15) is 5.11 Å². The standard InChI is InChI=1S/C12H15IN4O2/c1-6-2-9(19-8(6)4-18)17-3-7(13)10-11(14)15-5-16-12(10)17/h3,5-6,8-9,18H,2,4H2,1H3,(H2,14,15,16)/t6-,8+,9+/m0/s1. The topological polar surface area (TPSA) is 86.2 Å². The van der Waals surface area contributed by atoms with Crippen LogP contribution in [-0.2, 0) is 4.74 Å². The molecule has 0 radical (unpaired) electrons. The molecule has 0 aromatic carbocycles. The first-order chi connectivity index (χ1) is 9.11. The molecular formula is C12H15IN4O2. The largest absolute Gasteiger partial charge is 0.394 e. The van der Waals surface area contributed by atoms with Gasteiger partial charge in [-0.05, 0) is 34.9 Å². The predicted octanol–water partition coefficient (Wildman–Crippen LogP) is 1.53. The third-order valence-electron chi connectivity index (χ3n) is 3.62. The van der Waals surface area contributed by atoms with Crippen molar-refractivity contribution in [2.75, 3.05) is 12.3 Å². The van der Waals surface area contributed by atoms with Crippen molar-refractivity contribution < 1.29 is 9.84 Å². The maximum atomic E-state index is 9.28. The lowest BCUT2D eigenvalue weighted by Crippen LogP contribution is -2.18. The summed E-state index contributed by atoms with van der Waals surface area (Å²) in [6, 6.07) is 0. The van der Waals surface area contributed by atoms with Gasteiger partial charge in [-0.25, -0.2) is 9.97 Å². The molecule has 102 valence electrons. The molecular weight excluding hydrogens is 359 g/mol. The molecule has 3 rings (SSSR count). The lowest BCUT2D eigenvalue weighted by molar-refractivity contribution is -0.0275. The Morgan fingerprint density at radius 3 is 3.05 bits per heavy atom.